The van der Waals surface area contributed by atoms with E-state index in [0.717, 1.165) is 0 Å². The molecular formula is C20H26O7. The summed E-state index contributed by atoms with van der Waals surface area (Å²) >= 11 is 0. The number of hydrogen-bond donors (Lipinski definition) is 2. The average molecular weight is 378 g/mol. The summed E-state index contributed by atoms with van der Waals surface area (Å²) in [7, 11) is 0. The Balaban J connectivity index is 2.05. The van der Waals surface area contributed by atoms with E-state index in [9.17, 15) is 19.8 Å². The third-order valence-corrected chi connectivity index (χ3v) is 5.75. The molecule has 148 valence electrons. The van der Waals surface area contributed by atoms with Crippen molar-refractivity contribution in [1.29, 1.82) is 0 Å². The Morgan fingerprint density at radius 2 is 2.19 bits per heavy atom. The molecule has 0 amide bonds. The fourth-order valence-electron chi connectivity index (χ4n) is 4.01. The van der Waals surface area contributed by atoms with Crippen LogP contribution in [0.15, 0.2) is 35.5 Å². The Hall–Kier alpha value is -1.96. The first kappa shape index (κ1) is 19.8. The van der Waals surface area contributed by atoms with E-state index < -0.39 is 48.1 Å². The topological polar surface area (TPSA) is 102 Å². The van der Waals surface area contributed by atoms with Crippen molar-refractivity contribution < 1.29 is 34.0 Å². The van der Waals surface area contributed by atoms with Gasteiger partial charge in [0, 0.05) is 29.6 Å². The predicted molar refractivity (Wildman–Crippen MR) is 95.3 cm³/mol. The highest BCUT2D eigenvalue weighted by Crippen LogP contribution is 2.47. The number of ether oxygens (including phenoxy) is 3. The number of carbonyl (C=O) groups is 2. The Morgan fingerprint density at radius 3 is 2.81 bits per heavy atom. The lowest BCUT2D eigenvalue weighted by Gasteiger charge is -2.33. The first-order valence-electron chi connectivity index (χ1n) is 9.11. The number of rotatable bonds is 3. The van der Waals surface area contributed by atoms with Crippen LogP contribution in [0.2, 0.25) is 0 Å². The van der Waals surface area contributed by atoms with Gasteiger partial charge in [-0.3, -0.25) is 0 Å². The van der Waals surface area contributed by atoms with Crippen LogP contribution >= 0.6 is 0 Å². The highest BCUT2D eigenvalue weighted by Gasteiger charge is 2.54. The van der Waals surface area contributed by atoms with Crippen LogP contribution in [-0.4, -0.2) is 52.4 Å². The molecule has 0 aliphatic carbocycles. The molecule has 2 fully saturated rings. The summed E-state index contributed by atoms with van der Waals surface area (Å²) in [4.78, 5) is 24.6. The lowest BCUT2D eigenvalue weighted by molar-refractivity contribution is -0.205. The zero-order valence-electron chi connectivity index (χ0n) is 15.9. The van der Waals surface area contributed by atoms with Crippen LogP contribution in [0.1, 0.15) is 40.0 Å². The van der Waals surface area contributed by atoms with Crippen molar-refractivity contribution in [3.05, 3.63) is 35.5 Å². The highest BCUT2D eigenvalue weighted by atomic mass is 16.6. The molecule has 2 bridgehead atoms. The number of aliphatic hydroxyl groups excluding tert-OH is 1. The maximum Gasteiger partial charge on any atom is 0.334 e. The van der Waals surface area contributed by atoms with Crippen LogP contribution in [0.4, 0.5) is 0 Å². The largest absolute Gasteiger partial charge is 0.458 e. The van der Waals surface area contributed by atoms with Crippen molar-refractivity contribution in [2.24, 2.45) is 5.92 Å². The maximum absolute atomic E-state index is 12.4. The second-order valence-electron chi connectivity index (χ2n) is 7.73. The van der Waals surface area contributed by atoms with Gasteiger partial charge in [0.1, 0.15) is 12.2 Å². The van der Waals surface area contributed by atoms with Crippen molar-refractivity contribution in [3.63, 3.8) is 0 Å². The zero-order valence-corrected chi connectivity index (χ0v) is 15.9. The Kier molecular flexibility index (Phi) is 5.05. The minimum absolute atomic E-state index is 0.206. The zero-order chi connectivity index (χ0) is 20.0. The van der Waals surface area contributed by atoms with E-state index in [1.807, 2.05) is 6.92 Å². The second-order valence-corrected chi connectivity index (χ2v) is 7.73. The summed E-state index contributed by atoms with van der Waals surface area (Å²) < 4.78 is 17.1. The lowest BCUT2D eigenvalue weighted by atomic mass is 9.81. The third kappa shape index (κ3) is 3.47. The van der Waals surface area contributed by atoms with Crippen LogP contribution in [0.3, 0.4) is 0 Å². The van der Waals surface area contributed by atoms with Gasteiger partial charge >= 0.3 is 11.9 Å². The van der Waals surface area contributed by atoms with Gasteiger partial charge in [0.25, 0.3) is 0 Å². The Labute approximate surface area is 158 Å². The summed E-state index contributed by atoms with van der Waals surface area (Å²) in [6.07, 6.45) is 2.69. The third-order valence-electron chi connectivity index (χ3n) is 5.75. The van der Waals surface area contributed by atoms with E-state index in [4.69, 9.17) is 14.2 Å². The van der Waals surface area contributed by atoms with Crippen LogP contribution in [0.25, 0.3) is 0 Å². The standard InChI is InChI=1S/C20H26O7/c1-5-11(2)17(22)26-15-9-19(4)6-7-20(24,27-19)13(10-21)8-14-16(15)12(3)18(23)25-14/h5,8,14-16,21,24H,3,6-7,9-10H2,1-2,4H3/b11-5-,13-8-/t14-,15+,16-,19+,20-/m0/s1. The van der Waals surface area contributed by atoms with Crippen LogP contribution < -0.4 is 0 Å². The van der Waals surface area contributed by atoms with E-state index in [1.165, 1.54) is 6.08 Å². The van der Waals surface area contributed by atoms with Gasteiger partial charge in [-0.1, -0.05) is 12.7 Å². The van der Waals surface area contributed by atoms with Gasteiger partial charge in [0.2, 0.25) is 0 Å². The van der Waals surface area contributed by atoms with Gasteiger partial charge < -0.3 is 24.4 Å². The average Bonchev–Trinajstić information content (AvgIpc) is 3.08. The summed E-state index contributed by atoms with van der Waals surface area (Å²) in [6.45, 7) is 8.59. The van der Waals surface area contributed by atoms with Gasteiger partial charge in [0.15, 0.2) is 5.79 Å². The lowest BCUT2D eigenvalue weighted by Crippen LogP contribution is -2.40. The molecule has 0 aromatic carbocycles. The molecule has 5 atom stereocenters. The fourth-order valence-corrected chi connectivity index (χ4v) is 4.01. The minimum atomic E-state index is -1.64. The van der Waals surface area contributed by atoms with E-state index in [0.29, 0.717) is 12.0 Å². The molecule has 2 saturated heterocycles. The molecule has 27 heavy (non-hydrogen) atoms. The molecule has 0 aromatic heterocycles. The maximum atomic E-state index is 12.4. The molecule has 0 saturated carbocycles. The number of esters is 2. The summed E-state index contributed by atoms with van der Waals surface area (Å²) in [5, 5.41) is 20.7. The van der Waals surface area contributed by atoms with Crippen LogP contribution in [0, 0.1) is 5.92 Å². The van der Waals surface area contributed by atoms with Crippen LogP contribution in [0.5, 0.6) is 0 Å². The predicted octanol–water partition coefficient (Wildman–Crippen LogP) is 1.54. The van der Waals surface area contributed by atoms with Crippen molar-refractivity contribution in [2.75, 3.05) is 6.61 Å². The first-order valence-corrected chi connectivity index (χ1v) is 9.11. The number of carbonyl (C=O) groups excluding carboxylic acids is 2. The number of fused-ring (bicyclic) bond motifs is 3. The van der Waals surface area contributed by atoms with E-state index in [-0.39, 0.29) is 24.0 Å². The quantitative estimate of drug-likeness (QED) is 0.436. The monoisotopic (exact) mass is 378 g/mol. The van der Waals surface area contributed by atoms with Crippen molar-refractivity contribution in [1.82, 2.24) is 0 Å². The van der Waals surface area contributed by atoms with Crippen LogP contribution in [-0.2, 0) is 23.8 Å². The highest BCUT2D eigenvalue weighted by molar-refractivity contribution is 5.92. The molecule has 0 unspecified atom stereocenters. The normalized spacial score (nSPS) is 41.0. The van der Waals surface area contributed by atoms with Gasteiger partial charge in [0.05, 0.1) is 18.1 Å². The molecular weight excluding hydrogens is 352 g/mol. The van der Waals surface area contributed by atoms with Crippen molar-refractivity contribution >= 4 is 11.9 Å². The molecule has 7 heteroatoms. The van der Waals surface area contributed by atoms with Crippen molar-refractivity contribution in [2.45, 2.75) is 63.6 Å². The van der Waals surface area contributed by atoms with Gasteiger partial charge in [-0.15, -0.1) is 0 Å². The van der Waals surface area contributed by atoms with Gasteiger partial charge in [-0.25, -0.2) is 9.59 Å². The number of aliphatic hydroxyl groups is 2. The first-order chi connectivity index (χ1) is 12.6. The molecule has 0 aromatic rings. The smallest absolute Gasteiger partial charge is 0.334 e. The fraction of sp³-hybridized carbons (Fsp3) is 0.600. The van der Waals surface area contributed by atoms with Gasteiger partial charge in [-0.05, 0) is 33.3 Å². The second kappa shape index (κ2) is 6.89. The SMILES string of the molecule is C=C1C(=O)O[C@H]2/C=C(/CO)[C@]3(O)CC[C@](C)(C[C@@H](OC(=O)/C(C)=C\C)[C@@H]12)O3. The summed E-state index contributed by atoms with van der Waals surface area (Å²) in [5.74, 6) is -3.32. The van der Waals surface area contributed by atoms with E-state index in [2.05, 4.69) is 6.58 Å². The number of hydrogen-bond acceptors (Lipinski definition) is 7. The molecule has 3 aliphatic heterocycles. The van der Waals surface area contributed by atoms with Crippen molar-refractivity contribution in [3.8, 4) is 0 Å². The molecule has 7 nitrogen and oxygen atoms in total. The molecule has 3 rings (SSSR count). The molecule has 3 aliphatic rings. The number of allylic oxidation sites excluding steroid dienone is 1. The molecule has 0 radical (unpaired) electrons. The molecule has 2 N–H and O–H groups in total. The van der Waals surface area contributed by atoms with E-state index in [1.54, 1.807) is 19.9 Å². The molecule has 0 spiro atoms. The Morgan fingerprint density at radius 1 is 1.48 bits per heavy atom. The van der Waals surface area contributed by atoms with Gasteiger partial charge in [-0.2, -0.15) is 0 Å². The minimum Gasteiger partial charge on any atom is -0.458 e. The van der Waals surface area contributed by atoms with E-state index >= 15 is 0 Å². The summed E-state index contributed by atoms with van der Waals surface area (Å²) in [5.41, 5.74) is 0.0968. The summed E-state index contributed by atoms with van der Waals surface area (Å²) in [6, 6.07) is 0. The molecule has 3 heterocycles. The Bertz CT molecular complexity index is 737.